The van der Waals surface area contributed by atoms with Crippen molar-refractivity contribution in [3.05, 3.63) is 62.6 Å². The van der Waals surface area contributed by atoms with E-state index in [4.69, 9.17) is 21.1 Å². The van der Waals surface area contributed by atoms with Crippen molar-refractivity contribution in [2.75, 3.05) is 11.9 Å². The summed E-state index contributed by atoms with van der Waals surface area (Å²) in [6.45, 7) is 7.71. The number of carbonyl (C=O) groups excluding carboxylic acids is 3. The summed E-state index contributed by atoms with van der Waals surface area (Å²) in [5, 5.41) is 3.17. The molecule has 0 radical (unpaired) electrons. The van der Waals surface area contributed by atoms with Crippen LogP contribution in [0.4, 0.5) is 5.69 Å². The first-order valence-corrected chi connectivity index (χ1v) is 13.0. The van der Waals surface area contributed by atoms with Crippen molar-refractivity contribution >= 4 is 51.1 Å². The van der Waals surface area contributed by atoms with Gasteiger partial charge in [0.2, 0.25) is 0 Å². The van der Waals surface area contributed by atoms with Crippen LogP contribution in [0.3, 0.4) is 0 Å². The van der Waals surface area contributed by atoms with E-state index in [9.17, 15) is 14.4 Å². The monoisotopic (exact) mass is 563 g/mol. The number of rotatable bonds is 7. The Hall–Kier alpha value is -2.38. The number of nitrogens with one attached hydrogen (secondary N) is 1. The molecule has 1 fully saturated rings. The lowest BCUT2D eigenvalue weighted by Gasteiger charge is -2.36. The normalized spacial score (nSPS) is 19.8. The molecule has 35 heavy (non-hydrogen) atoms. The second-order valence-corrected chi connectivity index (χ2v) is 10.7. The van der Waals surface area contributed by atoms with Gasteiger partial charge in [0.05, 0.1) is 16.1 Å². The number of amides is 1. The average Bonchev–Trinajstić information content (AvgIpc) is 2.82. The maximum Gasteiger partial charge on any atom is 0.339 e. The third kappa shape index (κ3) is 6.85. The SMILES string of the molecule is Cc1c(NC(=O)COC(=O)c2ccccc2C(=O)O[C@@H]2C[C@@H](C)CC[C@H]2C(C)C)ccc(Br)c1Cl. The quantitative estimate of drug-likeness (QED) is 0.373. The van der Waals surface area contributed by atoms with Crippen LogP contribution in [0, 0.1) is 24.7 Å². The van der Waals surface area contributed by atoms with E-state index in [1.165, 1.54) is 6.07 Å². The number of ether oxygens (including phenoxy) is 2. The summed E-state index contributed by atoms with van der Waals surface area (Å²) in [5.74, 6) is -0.680. The Morgan fingerprint density at radius 3 is 2.40 bits per heavy atom. The molecular weight excluding hydrogens is 534 g/mol. The number of benzene rings is 2. The van der Waals surface area contributed by atoms with E-state index >= 15 is 0 Å². The Kier molecular flexibility index (Phi) is 9.36. The first kappa shape index (κ1) is 27.2. The Morgan fingerprint density at radius 2 is 1.74 bits per heavy atom. The minimum Gasteiger partial charge on any atom is -0.458 e. The molecular formula is C27H31BrClNO5. The van der Waals surface area contributed by atoms with E-state index < -0.39 is 24.5 Å². The first-order valence-electron chi connectivity index (χ1n) is 11.8. The molecule has 1 N–H and O–H groups in total. The fourth-order valence-corrected chi connectivity index (χ4v) is 5.07. The number of halogens is 2. The van der Waals surface area contributed by atoms with E-state index in [0.717, 1.165) is 19.3 Å². The molecule has 8 heteroatoms. The highest BCUT2D eigenvalue weighted by atomic mass is 79.9. The molecule has 0 aromatic heterocycles. The molecule has 2 aromatic carbocycles. The van der Waals surface area contributed by atoms with E-state index in [1.54, 1.807) is 37.3 Å². The molecule has 0 saturated heterocycles. The van der Waals surface area contributed by atoms with Crippen LogP contribution in [-0.2, 0) is 14.3 Å². The Morgan fingerprint density at radius 1 is 1.09 bits per heavy atom. The molecule has 1 aliphatic carbocycles. The second-order valence-electron chi connectivity index (χ2n) is 9.47. The molecule has 6 nitrogen and oxygen atoms in total. The molecule has 0 aliphatic heterocycles. The molecule has 1 aliphatic rings. The summed E-state index contributed by atoms with van der Waals surface area (Å²) in [6, 6.07) is 9.77. The lowest BCUT2D eigenvalue weighted by molar-refractivity contribution is -0.119. The fraction of sp³-hybridized carbons (Fsp3) is 0.444. The van der Waals surface area contributed by atoms with Gasteiger partial charge >= 0.3 is 11.9 Å². The predicted molar refractivity (Wildman–Crippen MR) is 140 cm³/mol. The third-order valence-corrected chi connectivity index (χ3v) is 7.91. The summed E-state index contributed by atoms with van der Waals surface area (Å²) in [4.78, 5) is 38.2. The number of hydrogen-bond donors (Lipinski definition) is 1. The van der Waals surface area contributed by atoms with E-state index in [-0.39, 0.29) is 23.1 Å². The average molecular weight is 565 g/mol. The van der Waals surface area contributed by atoms with Crippen molar-refractivity contribution in [3.63, 3.8) is 0 Å². The summed E-state index contributed by atoms with van der Waals surface area (Å²) in [5.41, 5.74) is 1.41. The zero-order valence-electron chi connectivity index (χ0n) is 20.4. The van der Waals surface area contributed by atoms with Crippen molar-refractivity contribution in [2.45, 2.75) is 53.1 Å². The number of anilines is 1. The lowest BCUT2D eigenvalue weighted by Crippen LogP contribution is -2.36. The third-order valence-electron chi connectivity index (χ3n) is 6.53. The molecule has 0 heterocycles. The Labute approximate surface area is 219 Å². The van der Waals surface area contributed by atoms with E-state index in [0.29, 0.717) is 32.6 Å². The Balaban J connectivity index is 1.65. The molecule has 2 aromatic rings. The molecule has 3 rings (SSSR count). The van der Waals surface area contributed by atoms with Crippen LogP contribution >= 0.6 is 27.5 Å². The molecule has 0 spiro atoms. The van der Waals surface area contributed by atoms with Crippen LogP contribution in [0.25, 0.3) is 0 Å². The molecule has 188 valence electrons. The first-order chi connectivity index (χ1) is 16.6. The molecule has 0 bridgehead atoms. The van der Waals surface area contributed by atoms with Gasteiger partial charge in [0.15, 0.2) is 6.61 Å². The minimum atomic E-state index is -0.768. The van der Waals surface area contributed by atoms with Crippen LogP contribution in [-0.4, -0.2) is 30.6 Å². The van der Waals surface area contributed by atoms with Crippen molar-refractivity contribution in [3.8, 4) is 0 Å². The van der Waals surface area contributed by atoms with Gasteiger partial charge in [-0.05, 0) is 83.3 Å². The molecule has 1 amide bonds. The van der Waals surface area contributed by atoms with E-state index in [2.05, 4.69) is 42.0 Å². The van der Waals surface area contributed by atoms with Crippen molar-refractivity contribution in [2.24, 2.45) is 17.8 Å². The predicted octanol–water partition coefficient (Wildman–Crippen LogP) is 6.82. The maximum atomic E-state index is 13.1. The minimum absolute atomic E-state index is 0.0677. The fourth-order valence-electron chi connectivity index (χ4n) is 4.47. The maximum absolute atomic E-state index is 13.1. The van der Waals surface area contributed by atoms with Gasteiger partial charge in [-0.3, -0.25) is 4.79 Å². The van der Waals surface area contributed by atoms with Gasteiger partial charge in [-0.15, -0.1) is 0 Å². The van der Waals surface area contributed by atoms with Crippen LogP contribution < -0.4 is 5.32 Å². The molecule has 1 saturated carbocycles. The summed E-state index contributed by atoms with van der Waals surface area (Å²) in [6.07, 6.45) is 2.75. The van der Waals surface area contributed by atoms with Gasteiger partial charge < -0.3 is 14.8 Å². The summed E-state index contributed by atoms with van der Waals surface area (Å²) < 4.78 is 11.8. The Bertz CT molecular complexity index is 1100. The molecule has 0 unspecified atom stereocenters. The molecule has 3 atom stereocenters. The zero-order valence-corrected chi connectivity index (χ0v) is 22.7. The number of esters is 2. The van der Waals surface area contributed by atoms with Crippen molar-refractivity contribution in [1.29, 1.82) is 0 Å². The summed E-state index contributed by atoms with van der Waals surface area (Å²) in [7, 11) is 0. The highest BCUT2D eigenvalue weighted by Gasteiger charge is 2.34. The van der Waals surface area contributed by atoms with Gasteiger partial charge in [-0.25, -0.2) is 9.59 Å². The number of hydrogen-bond acceptors (Lipinski definition) is 5. The van der Waals surface area contributed by atoms with Crippen molar-refractivity contribution in [1.82, 2.24) is 0 Å². The second kappa shape index (κ2) is 12.0. The van der Waals surface area contributed by atoms with Crippen LogP contribution in [0.2, 0.25) is 5.02 Å². The number of carbonyl (C=O) groups is 3. The largest absolute Gasteiger partial charge is 0.458 e. The highest BCUT2D eigenvalue weighted by Crippen LogP contribution is 2.36. The summed E-state index contributed by atoms with van der Waals surface area (Å²) >= 11 is 9.53. The lowest BCUT2D eigenvalue weighted by atomic mass is 9.75. The topological polar surface area (TPSA) is 81.7 Å². The van der Waals surface area contributed by atoms with Gasteiger partial charge in [-0.2, -0.15) is 0 Å². The zero-order chi connectivity index (χ0) is 25.7. The van der Waals surface area contributed by atoms with E-state index in [1.807, 2.05) is 0 Å². The van der Waals surface area contributed by atoms with Crippen LogP contribution in [0.1, 0.15) is 66.3 Å². The van der Waals surface area contributed by atoms with Gasteiger partial charge in [0.25, 0.3) is 5.91 Å². The van der Waals surface area contributed by atoms with Crippen molar-refractivity contribution < 1.29 is 23.9 Å². The van der Waals surface area contributed by atoms with Crippen LogP contribution in [0.5, 0.6) is 0 Å². The van der Waals surface area contributed by atoms with Gasteiger partial charge in [-0.1, -0.05) is 50.9 Å². The van der Waals surface area contributed by atoms with Gasteiger partial charge in [0.1, 0.15) is 6.10 Å². The van der Waals surface area contributed by atoms with Crippen LogP contribution in [0.15, 0.2) is 40.9 Å². The van der Waals surface area contributed by atoms with Gasteiger partial charge in [0, 0.05) is 10.2 Å². The highest BCUT2D eigenvalue weighted by molar-refractivity contribution is 9.10. The smallest absolute Gasteiger partial charge is 0.339 e. The standard InChI is InChI=1S/C27H31BrClNO5/c1-15(2)18-10-9-16(3)13-23(18)35-27(33)20-8-6-5-7-19(20)26(32)34-14-24(31)30-22-12-11-21(28)25(29)17(22)4/h5-8,11-12,15-16,18,23H,9-10,13-14H2,1-4H3,(H,30,31)/t16-,18-,23+/m0/s1.